The average molecular weight is 320 g/mol. The zero-order valence-corrected chi connectivity index (χ0v) is 13.4. The van der Waals surface area contributed by atoms with E-state index in [0.717, 1.165) is 36.0 Å². The molecule has 4 nitrogen and oxygen atoms in total. The van der Waals surface area contributed by atoms with Crippen LogP contribution in [0.2, 0.25) is 0 Å². The number of nitrogens with zero attached hydrogens (tertiary/aromatic N) is 2. The zero-order valence-electron chi connectivity index (χ0n) is 13.4. The van der Waals surface area contributed by atoms with Gasteiger partial charge in [-0.2, -0.15) is 0 Å². The molecule has 4 heteroatoms. The summed E-state index contributed by atoms with van der Waals surface area (Å²) in [4.78, 5) is 14.7. The minimum Gasteiger partial charge on any atom is -0.481 e. The molecule has 3 aromatic rings. The SMILES string of the molecule is O=C(O)CCCC/C=C/c1cn(-c2cccnc2)c2ccccc12. The molecule has 0 spiro atoms. The number of allylic oxidation sites excluding steroid dienone is 1. The summed E-state index contributed by atoms with van der Waals surface area (Å²) in [5, 5.41) is 9.85. The largest absolute Gasteiger partial charge is 0.481 e. The van der Waals surface area contributed by atoms with Gasteiger partial charge in [-0.15, -0.1) is 0 Å². The monoisotopic (exact) mass is 320 g/mol. The molecule has 0 unspecified atom stereocenters. The van der Waals surface area contributed by atoms with E-state index in [9.17, 15) is 4.79 Å². The number of carboxylic acid groups (broad SMARTS) is 1. The van der Waals surface area contributed by atoms with Crippen LogP contribution in [0, 0.1) is 0 Å². The van der Waals surface area contributed by atoms with Gasteiger partial charge in [0.05, 0.1) is 17.4 Å². The second-order valence-corrected chi connectivity index (χ2v) is 5.72. The highest BCUT2D eigenvalue weighted by Gasteiger charge is 2.07. The number of carbonyl (C=O) groups is 1. The molecular weight excluding hydrogens is 300 g/mol. The fourth-order valence-corrected chi connectivity index (χ4v) is 2.80. The minimum absolute atomic E-state index is 0.244. The number of benzene rings is 1. The van der Waals surface area contributed by atoms with Crippen LogP contribution in [-0.2, 0) is 4.79 Å². The van der Waals surface area contributed by atoms with Crippen LogP contribution in [0.3, 0.4) is 0 Å². The number of fused-ring (bicyclic) bond motifs is 1. The number of hydrogen-bond donors (Lipinski definition) is 1. The van der Waals surface area contributed by atoms with Crippen molar-refractivity contribution < 1.29 is 9.90 Å². The Morgan fingerprint density at radius 1 is 1.17 bits per heavy atom. The van der Waals surface area contributed by atoms with Gasteiger partial charge >= 0.3 is 5.97 Å². The molecule has 0 aliphatic carbocycles. The predicted molar refractivity (Wildman–Crippen MR) is 96.2 cm³/mol. The van der Waals surface area contributed by atoms with Crippen LogP contribution in [0.5, 0.6) is 0 Å². The molecular formula is C20H20N2O2. The van der Waals surface area contributed by atoms with Crippen molar-refractivity contribution in [2.75, 3.05) is 0 Å². The minimum atomic E-state index is -0.724. The van der Waals surface area contributed by atoms with E-state index in [1.807, 2.05) is 30.5 Å². The average Bonchev–Trinajstić information content (AvgIpc) is 2.97. The van der Waals surface area contributed by atoms with Crippen LogP contribution >= 0.6 is 0 Å². The summed E-state index contributed by atoms with van der Waals surface area (Å²) >= 11 is 0. The number of carboxylic acids is 1. The lowest BCUT2D eigenvalue weighted by Crippen LogP contribution is -1.92. The Balaban J connectivity index is 1.80. The summed E-state index contributed by atoms with van der Waals surface area (Å²) < 4.78 is 2.15. The molecule has 0 aliphatic rings. The van der Waals surface area contributed by atoms with Gasteiger partial charge in [0.1, 0.15) is 0 Å². The highest BCUT2D eigenvalue weighted by molar-refractivity contribution is 5.90. The number of aliphatic carboxylic acids is 1. The lowest BCUT2D eigenvalue weighted by molar-refractivity contribution is -0.137. The van der Waals surface area contributed by atoms with Gasteiger partial charge in [0.15, 0.2) is 0 Å². The van der Waals surface area contributed by atoms with Crippen molar-refractivity contribution in [2.45, 2.75) is 25.7 Å². The first-order valence-corrected chi connectivity index (χ1v) is 8.14. The van der Waals surface area contributed by atoms with Crippen LogP contribution in [0.1, 0.15) is 31.2 Å². The molecule has 3 rings (SSSR count). The number of unbranched alkanes of at least 4 members (excludes halogenated alkanes) is 2. The standard InChI is InChI=1S/C20H20N2O2/c23-20(24)12-4-2-1-3-8-16-15-22(17-9-7-13-21-14-17)19-11-6-5-10-18(16)19/h3,5-11,13-15H,1-2,4,12H2,(H,23,24)/b8-3+. The smallest absolute Gasteiger partial charge is 0.303 e. The second-order valence-electron chi connectivity index (χ2n) is 5.72. The third kappa shape index (κ3) is 3.71. The van der Waals surface area contributed by atoms with Gasteiger partial charge in [0.25, 0.3) is 0 Å². The molecule has 1 aromatic carbocycles. The Labute approximate surface area is 141 Å². The van der Waals surface area contributed by atoms with Gasteiger partial charge in [-0.25, -0.2) is 0 Å². The van der Waals surface area contributed by atoms with Crippen molar-refractivity contribution >= 4 is 22.9 Å². The van der Waals surface area contributed by atoms with E-state index in [-0.39, 0.29) is 6.42 Å². The van der Waals surface area contributed by atoms with Gasteiger partial charge in [0.2, 0.25) is 0 Å². The van der Waals surface area contributed by atoms with Crippen LogP contribution in [-0.4, -0.2) is 20.6 Å². The molecule has 0 bridgehead atoms. The summed E-state index contributed by atoms with van der Waals surface area (Å²) in [6.07, 6.45) is 12.7. The third-order valence-electron chi connectivity index (χ3n) is 3.98. The second kappa shape index (κ2) is 7.59. The number of hydrogen-bond acceptors (Lipinski definition) is 2. The maximum Gasteiger partial charge on any atom is 0.303 e. The maximum absolute atomic E-state index is 10.5. The van der Waals surface area contributed by atoms with Crippen molar-refractivity contribution in [3.05, 3.63) is 66.6 Å². The maximum atomic E-state index is 10.5. The fourth-order valence-electron chi connectivity index (χ4n) is 2.80. The fraction of sp³-hybridized carbons (Fsp3) is 0.200. The highest BCUT2D eigenvalue weighted by Crippen LogP contribution is 2.25. The van der Waals surface area contributed by atoms with Crippen LogP contribution in [0.4, 0.5) is 0 Å². The first-order chi connectivity index (χ1) is 11.8. The molecule has 0 radical (unpaired) electrons. The first-order valence-electron chi connectivity index (χ1n) is 8.14. The van der Waals surface area contributed by atoms with Gasteiger partial charge in [-0.05, 0) is 37.5 Å². The lowest BCUT2D eigenvalue weighted by Gasteiger charge is -2.03. The Bertz CT molecular complexity index is 850. The van der Waals surface area contributed by atoms with E-state index in [1.54, 1.807) is 6.20 Å². The molecule has 2 heterocycles. The van der Waals surface area contributed by atoms with Crippen LogP contribution in [0.15, 0.2) is 61.1 Å². The molecule has 0 saturated heterocycles. The summed E-state index contributed by atoms with van der Waals surface area (Å²) in [6.45, 7) is 0. The van der Waals surface area contributed by atoms with E-state index in [1.165, 1.54) is 5.39 Å². The summed E-state index contributed by atoms with van der Waals surface area (Å²) in [6, 6.07) is 12.3. The van der Waals surface area contributed by atoms with Gasteiger partial charge in [-0.1, -0.05) is 30.4 Å². The van der Waals surface area contributed by atoms with Gasteiger partial charge in [0, 0.05) is 29.8 Å². The molecule has 0 fully saturated rings. The Kier molecular flexibility index (Phi) is 5.06. The van der Waals surface area contributed by atoms with Crippen molar-refractivity contribution in [3.63, 3.8) is 0 Å². The Hall–Kier alpha value is -2.88. The molecule has 0 aliphatic heterocycles. The first kappa shape index (κ1) is 16.0. The highest BCUT2D eigenvalue weighted by atomic mass is 16.4. The molecule has 0 saturated carbocycles. The van der Waals surface area contributed by atoms with Crippen molar-refractivity contribution in [3.8, 4) is 5.69 Å². The summed E-state index contributed by atoms with van der Waals surface area (Å²) in [5.41, 5.74) is 3.35. The van der Waals surface area contributed by atoms with E-state index in [4.69, 9.17) is 5.11 Å². The van der Waals surface area contributed by atoms with Gasteiger partial charge < -0.3 is 9.67 Å². The van der Waals surface area contributed by atoms with Crippen LogP contribution in [0.25, 0.3) is 22.7 Å². The predicted octanol–water partition coefficient (Wildman–Crippen LogP) is 4.68. The zero-order chi connectivity index (χ0) is 16.8. The summed E-state index contributed by atoms with van der Waals surface area (Å²) in [5.74, 6) is -0.724. The summed E-state index contributed by atoms with van der Waals surface area (Å²) in [7, 11) is 0. The number of pyridine rings is 1. The van der Waals surface area contributed by atoms with Crippen molar-refractivity contribution in [2.24, 2.45) is 0 Å². The van der Waals surface area contributed by atoms with E-state index < -0.39 is 5.97 Å². The number of rotatable bonds is 7. The topological polar surface area (TPSA) is 55.1 Å². The van der Waals surface area contributed by atoms with E-state index in [0.29, 0.717) is 0 Å². The molecule has 122 valence electrons. The van der Waals surface area contributed by atoms with E-state index in [2.05, 4.69) is 40.0 Å². The number of aromatic nitrogens is 2. The molecule has 1 N–H and O–H groups in total. The van der Waals surface area contributed by atoms with Gasteiger partial charge in [-0.3, -0.25) is 9.78 Å². The molecule has 24 heavy (non-hydrogen) atoms. The Morgan fingerprint density at radius 3 is 2.83 bits per heavy atom. The van der Waals surface area contributed by atoms with Crippen molar-refractivity contribution in [1.29, 1.82) is 0 Å². The van der Waals surface area contributed by atoms with E-state index >= 15 is 0 Å². The van der Waals surface area contributed by atoms with Crippen LogP contribution < -0.4 is 0 Å². The molecule has 0 atom stereocenters. The number of para-hydroxylation sites is 1. The normalized spacial score (nSPS) is 11.3. The van der Waals surface area contributed by atoms with Crippen molar-refractivity contribution in [1.82, 2.24) is 9.55 Å². The lowest BCUT2D eigenvalue weighted by atomic mass is 10.1. The molecule has 0 amide bonds. The molecule has 2 aromatic heterocycles. The Morgan fingerprint density at radius 2 is 2.04 bits per heavy atom. The third-order valence-corrected chi connectivity index (χ3v) is 3.98. The quantitative estimate of drug-likeness (QED) is 0.643.